The number of alkyl halides is 7. The van der Waals surface area contributed by atoms with E-state index < -0.39 is 70.0 Å². The van der Waals surface area contributed by atoms with Gasteiger partial charge in [0.2, 0.25) is 0 Å². The van der Waals surface area contributed by atoms with Crippen LogP contribution in [0.1, 0.15) is 0 Å². The van der Waals surface area contributed by atoms with E-state index in [0.717, 1.165) is 0 Å². The van der Waals surface area contributed by atoms with E-state index in [2.05, 4.69) is 0 Å². The predicted octanol–water partition coefficient (Wildman–Crippen LogP) is 3.72. The lowest BCUT2D eigenvalue weighted by molar-refractivity contribution is -0.0444. The molecule has 1 aliphatic rings. The monoisotopic (exact) mass is 446 g/mol. The molecule has 26 heavy (non-hydrogen) atoms. The molecule has 0 aromatic carbocycles. The van der Waals surface area contributed by atoms with Gasteiger partial charge in [-0.1, -0.05) is 0 Å². The van der Waals surface area contributed by atoms with Crippen LogP contribution in [0.15, 0.2) is 33.1 Å². The van der Waals surface area contributed by atoms with E-state index in [1.165, 1.54) is 0 Å². The fraction of sp³-hybridized carbons (Fsp3) is 0.333. The molecule has 0 aromatic rings. The van der Waals surface area contributed by atoms with Crippen LogP contribution in [0.3, 0.4) is 0 Å². The molecule has 1 aliphatic carbocycles. The summed E-state index contributed by atoms with van der Waals surface area (Å²) in [7, 11) is -15.5. The quantitative estimate of drug-likeness (QED) is 0.607. The molecule has 4 nitrogen and oxygen atoms in total. The molecule has 0 radical (unpaired) electrons. The summed E-state index contributed by atoms with van der Waals surface area (Å²) in [6.45, 7) is 0. The molecule has 0 aliphatic heterocycles. The van der Waals surface area contributed by atoms with Crippen LogP contribution in [0.5, 0.6) is 0 Å². The molecule has 1 atom stereocenters. The summed E-state index contributed by atoms with van der Waals surface area (Å²) in [6.07, 6.45) is -4.43. The minimum absolute atomic E-state index is 3.05. The van der Waals surface area contributed by atoms with Crippen LogP contribution in [0.2, 0.25) is 0 Å². The summed E-state index contributed by atoms with van der Waals surface area (Å²) < 4.78 is 182. The van der Waals surface area contributed by atoms with E-state index in [1.54, 1.807) is 0 Å². The Labute approximate surface area is 136 Å². The Morgan fingerprint density at radius 1 is 0.692 bits per heavy atom. The lowest BCUT2D eigenvalue weighted by Crippen LogP contribution is -2.37. The molecule has 0 N–H and O–H groups in total. The van der Waals surface area contributed by atoms with E-state index in [1.807, 2.05) is 0 Å². The predicted molar refractivity (Wildman–Crippen MR) is 60.4 cm³/mol. The van der Waals surface area contributed by atoms with Gasteiger partial charge < -0.3 is 0 Å². The molecule has 0 spiro atoms. The third-order valence-corrected chi connectivity index (χ3v) is 6.58. The van der Waals surface area contributed by atoms with Crippen molar-refractivity contribution in [2.45, 2.75) is 17.2 Å². The molecular weight excluding hydrogens is 445 g/mol. The van der Waals surface area contributed by atoms with Crippen LogP contribution < -0.4 is 0 Å². The fourth-order valence-electron chi connectivity index (χ4n) is 1.51. The molecule has 150 valence electrons. The zero-order valence-electron chi connectivity index (χ0n) is 11.2. The Hall–Kier alpha value is -1.65. The molecular formula is C9HF11O4S2. The van der Waals surface area contributed by atoms with Crippen LogP contribution in [0, 0.1) is 0 Å². The topological polar surface area (TPSA) is 68.3 Å². The smallest absolute Gasteiger partial charge is 0.234 e. The second-order valence-corrected chi connectivity index (χ2v) is 8.27. The number of hydrogen-bond donors (Lipinski definition) is 0. The van der Waals surface area contributed by atoms with Crippen LogP contribution in [0.4, 0.5) is 48.3 Å². The van der Waals surface area contributed by atoms with Crippen LogP contribution in [-0.4, -0.2) is 34.0 Å². The third kappa shape index (κ3) is 3.21. The highest BCUT2D eigenvalue weighted by molar-refractivity contribution is 8.15. The molecule has 0 aromatic heterocycles. The molecule has 0 heterocycles. The number of hydrogen-bond acceptors (Lipinski definition) is 4. The van der Waals surface area contributed by atoms with Crippen molar-refractivity contribution >= 4 is 19.7 Å². The molecule has 0 bridgehead atoms. The summed E-state index contributed by atoms with van der Waals surface area (Å²) in [5.74, 6) is -12.9. The molecule has 0 amide bonds. The zero-order chi connectivity index (χ0) is 21.0. The number of rotatable bonds is 2. The molecule has 17 heteroatoms. The first kappa shape index (κ1) is 22.4. The van der Waals surface area contributed by atoms with Gasteiger partial charge in [0, 0.05) is 0 Å². The van der Waals surface area contributed by atoms with Crippen molar-refractivity contribution in [3.05, 3.63) is 33.1 Å². The van der Waals surface area contributed by atoms with Gasteiger partial charge in [-0.15, -0.1) is 0 Å². The van der Waals surface area contributed by atoms with Gasteiger partial charge in [-0.2, -0.15) is 26.3 Å². The summed E-state index contributed by atoms with van der Waals surface area (Å²) in [5.41, 5.74) is -17.1. The standard InChI is InChI=1S/C9HF11O4S2/c10-2-1(3(11)5(13)6(14)4(2)12)7(25(21,22)8(15,16)17)26(23,24)9(18,19)20/h2H. The summed E-state index contributed by atoms with van der Waals surface area (Å²) >= 11 is 0. The fourth-order valence-corrected chi connectivity index (χ4v) is 4.61. The van der Waals surface area contributed by atoms with E-state index in [4.69, 9.17) is 0 Å². The third-order valence-electron chi connectivity index (χ3n) is 2.63. The lowest BCUT2D eigenvalue weighted by atomic mass is 10.0. The van der Waals surface area contributed by atoms with Crippen molar-refractivity contribution in [2.24, 2.45) is 0 Å². The largest absolute Gasteiger partial charge is 0.502 e. The van der Waals surface area contributed by atoms with Crippen molar-refractivity contribution in [3.8, 4) is 0 Å². The number of halogens is 11. The van der Waals surface area contributed by atoms with Crippen LogP contribution in [-0.2, 0) is 19.7 Å². The maximum atomic E-state index is 13.6. The summed E-state index contributed by atoms with van der Waals surface area (Å²) in [4.78, 5) is 0. The molecule has 1 unspecified atom stereocenters. The first-order valence-electron chi connectivity index (χ1n) is 5.42. The minimum atomic E-state index is -7.73. The average Bonchev–Trinajstić information content (AvgIpc) is 2.44. The number of allylic oxidation sites excluding steroid dienone is 5. The molecule has 0 saturated heterocycles. The average molecular weight is 446 g/mol. The second kappa shape index (κ2) is 6.21. The van der Waals surface area contributed by atoms with E-state index in [-0.39, 0.29) is 0 Å². The normalized spacial score (nSPS) is 20.7. The van der Waals surface area contributed by atoms with Crippen LogP contribution >= 0.6 is 0 Å². The Balaban J connectivity index is 4.25. The SMILES string of the molecule is O=S(=O)(C(=C1C(F)=C(F)C(F)=C(F)C1F)S(=O)(=O)C(F)(F)F)C(F)(F)F. The van der Waals surface area contributed by atoms with Crippen molar-refractivity contribution in [2.75, 3.05) is 0 Å². The van der Waals surface area contributed by atoms with Gasteiger partial charge in [-0.05, 0) is 0 Å². The van der Waals surface area contributed by atoms with E-state index >= 15 is 0 Å². The van der Waals surface area contributed by atoms with E-state index in [0.29, 0.717) is 0 Å². The van der Waals surface area contributed by atoms with Crippen molar-refractivity contribution in [1.29, 1.82) is 0 Å². The Morgan fingerprint density at radius 3 is 1.35 bits per heavy atom. The van der Waals surface area contributed by atoms with E-state index in [9.17, 15) is 65.1 Å². The van der Waals surface area contributed by atoms with Gasteiger partial charge >= 0.3 is 11.0 Å². The van der Waals surface area contributed by atoms with Crippen molar-refractivity contribution in [1.82, 2.24) is 0 Å². The molecule has 0 saturated carbocycles. The maximum absolute atomic E-state index is 13.6. The highest BCUT2D eigenvalue weighted by atomic mass is 32.3. The van der Waals surface area contributed by atoms with Gasteiger partial charge in [0.05, 0.1) is 5.57 Å². The van der Waals surface area contributed by atoms with Gasteiger partial charge in [-0.25, -0.2) is 38.8 Å². The summed E-state index contributed by atoms with van der Waals surface area (Å²) in [5, 5.41) is 0. The maximum Gasteiger partial charge on any atom is 0.502 e. The molecule has 0 fully saturated rings. The van der Waals surface area contributed by atoms with Gasteiger partial charge in [0.25, 0.3) is 19.7 Å². The van der Waals surface area contributed by atoms with Gasteiger partial charge in [0.1, 0.15) is 0 Å². The first-order chi connectivity index (χ1) is 11.3. The minimum Gasteiger partial charge on any atom is -0.234 e. The Morgan fingerprint density at radius 2 is 1.04 bits per heavy atom. The van der Waals surface area contributed by atoms with Crippen LogP contribution in [0.25, 0.3) is 0 Å². The first-order valence-corrected chi connectivity index (χ1v) is 8.38. The Kier molecular flexibility index (Phi) is 5.35. The summed E-state index contributed by atoms with van der Waals surface area (Å²) in [6, 6.07) is 0. The lowest BCUT2D eigenvalue weighted by Gasteiger charge is -2.21. The zero-order valence-corrected chi connectivity index (χ0v) is 12.8. The van der Waals surface area contributed by atoms with Gasteiger partial charge in [0.15, 0.2) is 33.7 Å². The number of sulfone groups is 2. The second-order valence-electron chi connectivity index (χ2n) is 4.25. The van der Waals surface area contributed by atoms with Crippen molar-refractivity contribution < 1.29 is 65.1 Å². The molecule has 1 rings (SSSR count). The Bertz CT molecular complexity index is 885. The van der Waals surface area contributed by atoms with Gasteiger partial charge in [-0.3, -0.25) is 0 Å². The van der Waals surface area contributed by atoms with Crippen molar-refractivity contribution in [3.63, 3.8) is 0 Å². The highest BCUT2D eigenvalue weighted by Gasteiger charge is 2.62. The highest BCUT2D eigenvalue weighted by Crippen LogP contribution is 2.47.